The van der Waals surface area contributed by atoms with Crippen LogP contribution in [0.25, 0.3) is 11.1 Å². The number of ether oxygens (including phenoxy) is 1. The van der Waals surface area contributed by atoms with Crippen LogP contribution < -0.4 is 5.32 Å². The quantitative estimate of drug-likeness (QED) is 0.540. The zero-order valence-corrected chi connectivity index (χ0v) is 20.2. The third-order valence-corrected chi connectivity index (χ3v) is 7.14. The summed E-state index contributed by atoms with van der Waals surface area (Å²) in [5, 5.41) is 12.0. The number of fused-ring (bicyclic) bond motifs is 3. The molecule has 1 aliphatic carbocycles. The highest BCUT2D eigenvalue weighted by Gasteiger charge is 2.33. The summed E-state index contributed by atoms with van der Waals surface area (Å²) in [6, 6.07) is 16.1. The third-order valence-electron chi connectivity index (χ3n) is 7.14. The number of likely N-dealkylation sites (tertiary alicyclic amines) is 1. The lowest BCUT2D eigenvalue weighted by Gasteiger charge is -2.37. The van der Waals surface area contributed by atoms with E-state index in [0.717, 1.165) is 30.4 Å². The van der Waals surface area contributed by atoms with Gasteiger partial charge in [0.05, 0.1) is 12.3 Å². The molecule has 2 amide bonds. The lowest BCUT2D eigenvalue weighted by atomic mass is 9.95. The molecule has 7 nitrogen and oxygen atoms in total. The van der Waals surface area contributed by atoms with Crippen LogP contribution in [-0.2, 0) is 14.3 Å². The molecule has 2 atom stereocenters. The Hall–Kier alpha value is -3.35. The van der Waals surface area contributed by atoms with Crippen LogP contribution in [-0.4, -0.2) is 53.7 Å². The van der Waals surface area contributed by atoms with Gasteiger partial charge in [-0.05, 0) is 47.9 Å². The molecule has 1 aliphatic heterocycles. The van der Waals surface area contributed by atoms with Crippen molar-refractivity contribution in [2.45, 2.75) is 57.4 Å². The highest BCUT2D eigenvalue weighted by molar-refractivity contribution is 5.81. The number of hydrogen-bond acceptors (Lipinski definition) is 4. The molecule has 0 spiro atoms. The second-order valence-corrected chi connectivity index (χ2v) is 9.47. The first kappa shape index (κ1) is 24.8. The van der Waals surface area contributed by atoms with E-state index >= 15 is 0 Å². The molecule has 1 unspecified atom stereocenters. The molecule has 1 heterocycles. The maximum atomic E-state index is 13.3. The van der Waals surface area contributed by atoms with Gasteiger partial charge in [0.2, 0.25) is 5.91 Å². The van der Waals surface area contributed by atoms with Crippen molar-refractivity contribution in [3.8, 4) is 11.1 Å². The number of nitrogens with zero attached hydrogens (tertiary/aromatic N) is 1. The van der Waals surface area contributed by atoms with Gasteiger partial charge in [0.15, 0.2) is 0 Å². The minimum Gasteiger partial charge on any atom is -0.481 e. The highest BCUT2D eigenvalue weighted by atomic mass is 16.5. The lowest BCUT2D eigenvalue weighted by Crippen LogP contribution is -2.49. The van der Waals surface area contributed by atoms with E-state index in [1.54, 1.807) is 4.90 Å². The molecule has 2 aliphatic rings. The van der Waals surface area contributed by atoms with Crippen molar-refractivity contribution >= 4 is 18.0 Å². The first-order valence-corrected chi connectivity index (χ1v) is 12.6. The predicted octanol–water partition coefficient (Wildman–Crippen LogP) is 4.80. The highest BCUT2D eigenvalue weighted by Crippen LogP contribution is 2.44. The molecule has 0 radical (unpaired) electrons. The zero-order chi connectivity index (χ0) is 24.8. The van der Waals surface area contributed by atoms with Gasteiger partial charge in [-0.15, -0.1) is 0 Å². The van der Waals surface area contributed by atoms with Gasteiger partial charge in [0, 0.05) is 25.0 Å². The summed E-state index contributed by atoms with van der Waals surface area (Å²) < 4.78 is 5.61. The van der Waals surface area contributed by atoms with Crippen molar-refractivity contribution in [1.82, 2.24) is 10.2 Å². The second kappa shape index (κ2) is 11.4. The molecule has 0 aromatic heterocycles. The molecular weight excluding hydrogens is 444 g/mol. The summed E-state index contributed by atoms with van der Waals surface area (Å²) in [6.07, 6.45) is 3.35. The van der Waals surface area contributed by atoms with Crippen LogP contribution in [0.1, 0.15) is 62.5 Å². The Balaban J connectivity index is 1.35. The summed E-state index contributed by atoms with van der Waals surface area (Å²) in [5.41, 5.74) is 4.64. The molecule has 0 bridgehead atoms. The molecule has 7 heteroatoms. The van der Waals surface area contributed by atoms with E-state index in [2.05, 4.69) is 29.6 Å². The van der Waals surface area contributed by atoms with Gasteiger partial charge in [-0.3, -0.25) is 9.59 Å². The van der Waals surface area contributed by atoms with E-state index in [-0.39, 0.29) is 37.4 Å². The van der Waals surface area contributed by atoms with Crippen molar-refractivity contribution in [2.75, 3.05) is 19.7 Å². The number of alkyl carbamates (subject to hydrolysis) is 1. The summed E-state index contributed by atoms with van der Waals surface area (Å²) in [6.45, 7) is 2.97. The standard InChI is InChI=1S/C28H34N2O5/c1-2-9-19(27(33)30-15-8-7-10-20(30)16-26(31)32)17-29-28(34)35-18-25-23-13-5-3-11-21(23)22-12-4-6-14-24(22)25/h3-6,11-14,19-20,25H,2,7-10,15-18H2,1H3,(H,29,34)(H,31,32)/t19?,20-/m0/s1. The van der Waals surface area contributed by atoms with E-state index < -0.39 is 18.0 Å². The number of carbonyl (C=O) groups is 3. The number of amides is 2. The molecule has 1 fully saturated rings. The van der Waals surface area contributed by atoms with Gasteiger partial charge < -0.3 is 20.1 Å². The van der Waals surface area contributed by atoms with Crippen LogP contribution in [0, 0.1) is 5.92 Å². The number of nitrogens with one attached hydrogen (secondary N) is 1. The van der Waals surface area contributed by atoms with Crippen molar-refractivity contribution in [1.29, 1.82) is 0 Å². The molecule has 186 valence electrons. The van der Waals surface area contributed by atoms with Crippen LogP contribution in [0.15, 0.2) is 48.5 Å². The summed E-state index contributed by atoms with van der Waals surface area (Å²) in [7, 11) is 0. The van der Waals surface area contributed by atoms with Gasteiger partial charge >= 0.3 is 12.1 Å². The number of carboxylic acid groups (broad SMARTS) is 1. The van der Waals surface area contributed by atoms with Crippen LogP contribution >= 0.6 is 0 Å². The average Bonchev–Trinajstić information content (AvgIpc) is 3.18. The van der Waals surface area contributed by atoms with Crippen molar-refractivity contribution < 1.29 is 24.2 Å². The number of hydrogen-bond donors (Lipinski definition) is 2. The fraction of sp³-hybridized carbons (Fsp3) is 0.464. The summed E-state index contributed by atoms with van der Waals surface area (Å²) in [5.74, 6) is -1.38. The van der Waals surface area contributed by atoms with Gasteiger partial charge in [-0.2, -0.15) is 0 Å². The molecule has 1 saturated heterocycles. The van der Waals surface area contributed by atoms with Gasteiger partial charge in [-0.1, -0.05) is 61.9 Å². The minimum absolute atomic E-state index is 0.0219. The van der Waals surface area contributed by atoms with Crippen LogP contribution in [0.2, 0.25) is 0 Å². The molecule has 35 heavy (non-hydrogen) atoms. The normalized spacial score (nSPS) is 17.9. The van der Waals surface area contributed by atoms with Crippen molar-refractivity contribution in [3.05, 3.63) is 59.7 Å². The number of rotatable bonds is 9. The Kier molecular flexibility index (Phi) is 8.06. The second-order valence-electron chi connectivity index (χ2n) is 9.47. The number of piperidine rings is 1. The average molecular weight is 479 g/mol. The molecule has 0 saturated carbocycles. The molecule has 2 aromatic carbocycles. The fourth-order valence-corrected chi connectivity index (χ4v) is 5.46. The van der Waals surface area contributed by atoms with Crippen LogP contribution in [0.5, 0.6) is 0 Å². The van der Waals surface area contributed by atoms with Gasteiger partial charge in [-0.25, -0.2) is 4.79 Å². The molecular formula is C28H34N2O5. The topological polar surface area (TPSA) is 95.9 Å². The molecule has 2 aromatic rings. The Morgan fingerprint density at radius 1 is 1.06 bits per heavy atom. The Morgan fingerprint density at radius 3 is 2.34 bits per heavy atom. The van der Waals surface area contributed by atoms with Crippen molar-refractivity contribution in [2.24, 2.45) is 5.92 Å². The van der Waals surface area contributed by atoms with Crippen LogP contribution in [0.4, 0.5) is 4.79 Å². The summed E-state index contributed by atoms with van der Waals surface area (Å²) >= 11 is 0. The Bertz CT molecular complexity index is 1020. The SMILES string of the molecule is CCCC(CNC(=O)OCC1c2ccccc2-c2ccccc21)C(=O)N1CCCC[C@H]1CC(=O)O. The maximum absolute atomic E-state index is 13.3. The van der Waals surface area contributed by atoms with E-state index in [1.165, 1.54) is 11.1 Å². The Morgan fingerprint density at radius 2 is 1.71 bits per heavy atom. The largest absolute Gasteiger partial charge is 0.481 e. The minimum atomic E-state index is -0.890. The lowest BCUT2D eigenvalue weighted by molar-refractivity contribution is -0.144. The maximum Gasteiger partial charge on any atom is 0.407 e. The van der Waals surface area contributed by atoms with Gasteiger partial charge in [0.1, 0.15) is 6.61 Å². The summed E-state index contributed by atoms with van der Waals surface area (Å²) in [4.78, 5) is 38.9. The van der Waals surface area contributed by atoms with E-state index in [0.29, 0.717) is 19.4 Å². The smallest absolute Gasteiger partial charge is 0.407 e. The first-order chi connectivity index (χ1) is 17.0. The van der Waals surface area contributed by atoms with Gasteiger partial charge in [0.25, 0.3) is 0 Å². The number of carboxylic acids is 1. The predicted molar refractivity (Wildman–Crippen MR) is 133 cm³/mol. The van der Waals surface area contributed by atoms with E-state index in [1.807, 2.05) is 31.2 Å². The van der Waals surface area contributed by atoms with E-state index in [4.69, 9.17) is 4.74 Å². The molecule has 2 N–H and O–H groups in total. The fourth-order valence-electron chi connectivity index (χ4n) is 5.46. The third kappa shape index (κ3) is 5.66. The van der Waals surface area contributed by atoms with E-state index in [9.17, 15) is 19.5 Å². The Labute approximate surface area is 206 Å². The first-order valence-electron chi connectivity index (χ1n) is 12.6. The van der Waals surface area contributed by atoms with Crippen molar-refractivity contribution in [3.63, 3.8) is 0 Å². The molecule has 4 rings (SSSR count). The number of aliphatic carboxylic acids is 1. The zero-order valence-electron chi connectivity index (χ0n) is 20.2. The monoisotopic (exact) mass is 478 g/mol. The van der Waals surface area contributed by atoms with Crippen LogP contribution in [0.3, 0.4) is 0 Å². The number of benzene rings is 2. The number of carbonyl (C=O) groups excluding carboxylic acids is 2.